The van der Waals surface area contributed by atoms with Crippen LogP contribution in [0.25, 0.3) is 0 Å². The smallest absolute Gasteiger partial charge is 0.233 e. The van der Waals surface area contributed by atoms with Gasteiger partial charge in [0.15, 0.2) is 5.15 Å². The van der Waals surface area contributed by atoms with Crippen molar-refractivity contribution < 1.29 is 4.74 Å². The molecule has 0 aliphatic carbocycles. The summed E-state index contributed by atoms with van der Waals surface area (Å²) < 4.78 is 5.58. The van der Waals surface area contributed by atoms with Gasteiger partial charge >= 0.3 is 0 Å². The van der Waals surface area contributed by atoms with Gasteiger partial charge in [-0.05, 0) is 0 Å². The summed E-state index contributed by atoms with van der Waals surface area (Å²) in [7, 11) is 0. The summed E-state index contributed by atoms with van der Waals surface area (Å²) in [6.07, 6.45) is 5.00. The molecule has 0 N–H and O–H groups in total. The van der Waals surface area contributed by atoms with E-state index in [4.69, 9.17) is 16.3 Å². The monoisotopic (exact) mass is 296 g/mol. The van der Waals surface area contributed by atoms with Crippen LogP contribution in [0.5, 0.6) is 5.88 Å². The molecule has 1 aliphatic heterocycles. The van der Waals surface area contributed by atoms with Gasteiger partial charge in [0.1, 0.15) is 0 Å². The van der Waals surface area contributed by atoms with Crippen molar-refractivity contribution in [3.05, 3.63) is 34.1 Å². The lowest BCUT2D eigenvalue weighted by Gasteiger charge is -2.38. The molecule has 0 aromatic carbocycles. The number of aromatic nitrogens is 3. The van der Waals surface area contributed by atoms with Crippen LogP contribution in [0.3, 0.4) is 0 Å². The molecule has 2 aromatic heterocycles. The predicted octanol–water partition coefficient (Wildman–Crippen LogP) is 2.10. The van der Waals surface area contributed by atoms with Crippen LogP contribution in [-0.2, 0) is 6.54 Å². The third-order valence-electron chi connectivity index (χ3n) is 2.95. The van der Waals surface area contributed by atoms with Gasteiger partial charge in [0.05, 0.1) is 24.5 Å². The van der Waals surface area contributed by atoms with Gasteiger partial charge < -0.3 is 4.74 Å². The van der Waals surface area contributed by atoms with Crippen molar-refractivity contribution in [3.63, 3.8) is 0 Å². The maximum Gasteiger partial charge on any atom is 0.233 e. The van der Waals surface area contributed by atoms with E-state index in [1.165, 1.54) is 11.1 Å². The molecular weight excluding hydrogens is 284 g/mol. The number of hydrogen-bond donors (Lipinski definition) is 0. The number of halogens is 1. The molecule has 3 heterocycles. The Balaban J connectivity index is 1.40. The van der Waals surface area contributed by atoms with Crippen molar-refractivity contribution in [2.45, 2.75) is 6.54 Å². The highest BCUT2D eigenvalue weighted by molar-refractivity contribution is 7.09. The largest absolute Gasteiger partial charge is 0.476 e. The molecule has 2 aromatic rings. The maximum atomic E-state index is 5.74. The van der Waals surface area contributed by atoms with Crippen LogP contribution in [0.4, 0.5) is 0 Å². The zero-order valence-electron chi connectivity index (χ0n) is 10.2. The van der Waals surface area contributed by atoms with Crippen molar-refractivity contribution >= 4 is 22.9 Å². The first-order valence-corrected chi connectivity index (χ1v) is 7.25. The Labute approximate surface area is 120 Å². The minimum atomic E-state index is 0.359. The predicted molar refractivity (Wildman–Crippen MR) is 73.4 cm³/mol. The molecule has 7 heteroatoms. The van der Waals surface area contributed by atoms with E-state index in [9.17, 15) is 0 Å². The van der Waals surface area contributed by atoms with Gasteiger partial charge in [0, 0.05) is 36.6 Å². The third-order valence-corrected chi connectivity index (χ3v) is 3.89. The van der Waals surface area contributed by atoms with E-state index in [0.717, 1.165) is 19.6 Å². The average molecular weight is 297 g/mol. The molecule has 0 amide bonds. The summed E-state index contributed by atoms with van der Waals surface area (Å²) in [6, 6.07) is 0. The first-order valence-electron chi connectivity index (χ1n) is 5.99. The first-order chi connectivity index (χ1) is 9.29. The molecular formula is C12H13ClN4OS. The molecule has 0 atom stereocenters. The summed E-state index contributed by atoms with van der Waals surface area (Å²) in [4.78, 5) is 15.7. The topological polar surface area (TPSA) is 51.1 Å². The second kappa shape index (κ2) is 5.81. The van der Waals surface area contributed by atoms with Crippen molar-refractivity contribution in [2.24, 2.45) is 5.92 Å². The lowest BCUT2D eigenvalue weighted by atomic mass is 10.0. The number of hydrogen-bond acceptors (Lipinski definition) is 6. The minimum Gasteiger partial charge on any atom is -0.476 e. The van der Waals surface area contributed by atoms with E-state index < -0.39 is 0 Å². The van der Waals surface area contributed by atoms with Crippen molar-refractivity contribution in [1.82, 2.24) is 19.9 Å². The summed E-state index contributed by atoms with van der Waals surface area (Å²) in [5.74, 6) is 1.04. The zero-order valence-corrected chi connectivity index (χ0v) is 11.8. The lowest BCUT2D eigenvalue weighted by Crippen LogP contribution is -2.48. The Morgan fingerprint density at radius 2 is 2.21 bits per heavy atom. The highest BCUT2D eigenvalue weighted by Crippen LogP contribution is 2.21. The van der Waals surface area contributed by atoms with Crippen LogP contribution in [0.1, 0.15) is 4.88 Å². The van der Waals surface area contributed by atoms with Gasteiger partial charge in [-0.15, -0.1) is 11.3 Å². The van der Waals surface area contributed by atoms with E-state index in [1.54, 1.807) is 17.5 Å². The minimum absolute atomic E-state index is 0.359. The molecule has 0 spiro atoms. The third kappa shape index (κ3) is 3.40. The molecule has 3 rings (SSSR count). The van der Waals surface area contributed by atoms with E-state index in [1.807, 2.05) is 11.7 Å². The number of likely N-dealkylation sites (tertiary alicyclic amines) is 1. The van der Waals surface area contributed by atoms with E-state index in [-0.39, 0.29) is 0 Å². The van der Waals surface area contributed by atoms with Crippen molar-refractivity contribution in [2.75, 3.05) is 19.7 Å². The normalized spacial score (nSPS) is 16.3. The number of thiazole rings is 1. The van der Waals surface area contributed by atoms with Crippen LogP contribution in [0.15, 0.2) is 24.1 Å². The standard InChI is InChI=1S/C12H13ClN4OS/c13-11-2-14-3-12(16-11)18-7-9-4-17(5-9)6-10-1-15-8-19-10/h1-3,8-9H,4-7H2. The van der Waals surface area contributed by atoms with Gasteiger partial charge in [-0.3, -0.25) is 14.9 Å². The first kappa shape index (κ1) is 12.8. The summed E-state index contributed by atoms with van der Waals surface area (Å²) >= 11 is 7.44. The molecule has 0 unspecified atom stereocenters. The Hall–Kier alpha value is -1.24. The molecule has 1 aliphatic rings. The van der Waals surface area contributed by atoms with Crippen LogP contribution < -0.4 is 4.74 Å². The van der Waals surface area contributed by atoms with Gasteiger partial charge in [0.2, 0.25) is 5.88 Å². The molecule has 0 bridgehead atoms. The summed E-state index contributed by atoms with van der Waals surface area (Å²) in [5.41, 5.74) is 1.87. The highest BCUT2D eigenvalue weighted by atomic mass is 35.5. The molecule has 0 radical (unpaired) electrons. The summed E-state index contributed by atoms with van der Waals surface area (Å²) in [5, 5.41) is 0.359. The Morgan fingerprint density at radius 1 is 1.32 bits per heavy atom. The Bertz CT molecular complexity index is 530. The second-order valence-corrected chi connectivity index (χ2v) is 5.88. The number of ether oxygens (including phenoxy) is 1. The molecule has 100 valence electrons. The van der Waals surface area contributed by atoms with Crippen LogP contribution in [0, 0.1) is 5.92 Å². The second-order valence-electron chi connectivity index (χ2n) is 4.52. The van der Waals surface area contributed by atoms with Gasteiger partial charge in [-0.1, -0.05) is 11.6 Å². The SMILES string of the molecule is Clc1cncc(OCC2CN(Cc3cncs3)C2)n1. The van der Waals surface area contributed by atoms with Crippen molar-refractivity contribution in [3.8, 4) is 5.88 Å². The van der Waals surface area contributed by atoms with E-state index in [0.29, 0.717) is 23.6 Å². The van der Waals surface area contributed by atoms with E-state index >= 15 is 0 Å². The fraction of sp³-hybridized carbons (Fsp3) is 0.417. The lowest BCUT2D eigenvalue weighted by molar-refractivity contribution is 0.0550. The quantitative estimate of drug-likeness (QED) is 0.846. The number of nitrogens with zero attached hydrogens (tertiary/aromatic N) is 4. The van der Waals surface area contributed by atoms with Gasteiger partial charge in [0.25, 0.3) is 0 Å². The van der Waals surface area contributed by atoms with E-state index in [2.05, 4.69) is 19.9 Å². The van der Waals surface area contributed by atoms with Crippen LogP contribution in [-0.4, -0.2) is 39.5 Å². The number of rotatable bonds is 5. The molecule has 1 saturated heterocycles. The average Bonchev–Trinajstić information content (AvgIpc) is 2.85. The molecule has 19 heavy (non-hydrogen) atoms. The molecule has 0 saturated carbocycles. The molecule has 1 fully saturated rings. The Kier molecular flexibility index (Phi) is 3.91. The summed E-state index contributed by atoms with van der Waals surface area (Å²) in [6.45, 7) is 3.74. The molecule has 5 nitrogen and oxygen atoms in total. The van der Waals surface area contributed by atoms with Crippen molar-refractivity contribution in [1.29, 1.82) is 0 Å². The zero-order chi connectivity index (χ0) is 13.1. The maximum absolute atomic E-state index is 5.74. The van der Waals surface area contributed by atoms with Gasteiger partial charge in [-0.25, -0.2) is 0 Å². The highest BCUT2D eigenvalue weighted by Gasteiger charge is 2.27. The Morgan fingerprint density at radius 3 is 2.95 bits per heavy atom. The fourth-order valence-electron chi connectivity index (χ4n) is 2.05. The van der Waals surface area contributed by atoms with Crippen LogP contribution >= 0.6 is 22.9 Å². The van der Waals surface area contributed by atoms with Crippen LogP contribution in [0.2, 0.25) is 5.15 Å². The fourth-order valence-corrected chi connectivity index (χ4v) is 2.83. The van der Waals surface area contributed by atoms with Gasteiger partial charge in [-0.2, -0.15) is 4.98 Å².